The largest absolute Gasteiger partial charge is 0.416 e. The van der Waals surface area contributed by atoms with Crippen molar-refractivity contribution in [2.24, 2.45) is 0 Å². The molecule has 0 aliphatic heterocycles. The van der Waals surface area contributed by atoms with Crippen LogP contribution in [0.4, 0.5) is 13.2 Å². The van der Waals surface area contributed by atoms with E-state index in [0.717, 1.165) is 0 Å². The van der Waals surface area contributed by atoms with Crippen LogP contribution in [-0.4, -0.2) is 6.18 Å². The van der Waals surface area contributed by atoms with E-state index in [1.54, 1.807) is 6.92 Å². The van der Waals surface area contributed by atoms with Crippen LogP contribution in [0.5, 0.6) is 0 Å². The van der Waals surface area contributed by atoms with Crippen molar-refractivity contribution in [3.8, 4) is 0 Å². The Labute approximate surface area is 70.8 Å². The molecule has 0 N–H and O–H groups in total. The van der Waals surface area contributed by atoms with E-state index in [1.807, 2.05) is 0 Å². The van der Waals surface area contributed by atoms with E-state index in [4.69, 9.17) is 0 Å². The molecule has 0 saturated carbocycles. The summed E-state index contributed by atoms with van der Waals surface area (Å²) in [6.07, 6.45) is -2.76. The predicted octanol–water partition coefficient (Wildman–Crippen LogP) is 3.85. The molecule has 0 unspecified atom stereocenters. The molecule has 70 valence electrons. The van der Waals surface area contributed by atoms with Gasteiger partial charge in [-0.25, -0.2) is 0 Å². The van der Waals surface area contributed by atoms with E-state index >= 15 is 0 Å². The Bertz CT molecular complexity index is 214. The second-order valence-electron chi connectivity index (χ2n) is 2.84. The van der Waals surface area contributed by atoms with Gasteiger partial charge in [0.1, 0.15) is 0 Å². The highest BCUT2D eigenvalue weighted by molar-refractivity contribution is 5.35. The number of alkyl halides is 3. The Balaban J connectivity index is 5.12. The van der Waals surface area contributed by atoms with Crippen molar-refractivity contribution in [3.63, 3.8) is 0 Å². The maximum absolute atomic E-state index is 12.3. The van der Waals surface area contributed by atoms with E-state index in [0.29, 0.717) is 5.57 Å². The Hall–Kier alpha value is -0.730. The molecular weight excluding hydrogens is 165 g/mol. The van der Waals surface area contributed by atoms with Crippen molar-refractivity contribution < 1.29 is 13.2 Å². The first-order valence-corrected chi connectivity index (χ1v) is 3.68. The van der Waals surface area contributed by atoms with Crippen LogP contribution < -0.4 is 0 Å². The molecule has 0 heterocycles. The molecule has 0 aliphatic carbocycles. The summed E-state index contributed by atoms with van der Waals surface area (Å²) in [5, 5.41) is 0. The molecule has 0 aromatic heterocycles. The molecule has 0 amide bonds. The van der Waals surface area contributed by atoms with Gasteiger partial charge in [0.2, 0.25) is 0 Å². The van der Waals surface area contributed by atoms with Crippen molar-refractivity contribution in [2.75, 3.05) is 0 Å². The van der Waals surface area contributed by atoms with Crippen LogP contribution in [0.15, 0.2) is 22.8 Å². The van der Waals surface area contributed by atoms with Gasteiger partial charge in [-0.2, -0.15) is 13.2 Å². The summed E-state index contributed by atoms with van der Waals surface area (Å²) >= 11 is 0. The summed E-state index contributed by atoms with van der Waals surface area (Å²) < 4.78 is 36.9. The fraction of sp³-hybridized carbons (Fsp3) is 0.556. The van der Waals surface area contributed by atoms with E-state index in [-0.39, 0.29) is 5.57 Å². The third-order valence-electron chi connectivity index (χ3n) is 1.61. The normalized spacial score (nSPS) is 13.1. The zero-order valence-electron chi connectivity index (χ0n) is 7.71. The molecule has 3 heteroatoms. The maximum atomic E-state index is 12.3. The highest BCUT2D eigenvalue weighted by atomic mass is 19.4. The lowest BCUT2D eigenvalue weighted by atomic mass is 10.0. The molecule has 12 heavy (non-hydrogen) atoms. The molecule has 0 aromatic carbocycles. The first-order chi connectivity index (χ1) is 5.30. The van der Waals surface area contributed by atoms with Gasteiger partial charge in [0.05, 0.1) is 5.57 Å². The van der Waals surface area contributed by atoms with Crippen LogP contribution in [0.25, 0.3) is 0 Å². The number of allylic oxidation sites excluding steroid dienone is 4. The first kappa shape index (κ1) is 11.3. The number of hydrogen-bond donors (Lipinski definition) is 0. The third-order valence-corrected chi connectivity index (χ3v) is 1.61. The third kappa shape index (κ3) is 2.72. The second-order valence-corrected chi connectivity index (χ2v) is 2.84. The summed E-state index contributed by atoms with van der Waals surface area (Å²) in [6, 6.07) is 0. The summed E-state index contributed by atoms with van der Waals surface area (Å²) in [6.45, 7) is 6.01. The summed E-state index contributed by atoms with van der Waals surface area (Å²) in [4.78, 5) is 0. The van der Waals surface area contributed by atoms with Crippen LogP contribution in [0.3, 0.4) is 0 Å². The van der Waals surface area contributed by atoms with Gasteiger partial charge in [-0.05, 0) is 33.3 Å². The Kier molecular flexibility index (Phi) is 3.55. The fourth-order valence-corrected chi connectivity index (χ4v) is 1.05. The first-order valence-electron chi connectivity index (χ1n) is 3.68. The van der Waals surface area contributed by atoms with Gasteiger partial charge in [0.15, 0.2) is 0 Å². The number of rotatable bonds is 1. The zero-order valence-corrected chi connectivity index (χ0v) is 7.71. The molecule has 0 fully saturated rings. The molecule has 0 rings (SSSR count). The Morgan fingerprint density at radius 2 is 1.50 bits per heavy atom. The Morgan fingerprint density at radius 3 is 1.58 bits per heavy atom. The molecular formula is C9H13F3. The topological polar surface area (TPSA) is 0 Å². The maximum Gasteiger partial charge on any atom is 0.416 e. The predicted molar refractivity (Wildman–Crippen MR) is 43.9 cm³/mol. The van der Waals surface area contributed by atoms with E-state index < -0.39 is 11.7 Å². The molecule has 0 aromatic rings. The zero-order chi connectivity index (χ0) is 9.94. The number of halogens is 3. The minimum atomic E-state index is -4.23. The summed E-state index contributed by atoms with van der Waals surface area (Å²) in [5.41, 5.74) is 0.0746. The Morgan fingerprint density at radius 1 is 1.08 bits per heavy atom. The molecule has 0 radical (unpaired) electrons. The van der Waals surface area contributed by atoms with Crippen molar-refractivity contribution in [1.29, 1.82) is 0 Å². The molecule has 0 saturated heterocycles. The van der Waals surface area contributed by atoms with Crippen LogP contribution in [0, 0.1) is 0 Å². The van der Waals surface area contributed by atoms with Gasteiger partial charge in [-0.3, -0.25) is 0 Å². The van der Waals surface area contributed by atoms with Gasteiger partial charge < -0.3 is 0 Å². The smallest absolute Gasteiger partial charge is 0.166 e. The van der Waals surface area contributed by atoms with Crippen molar-refractivity contribution >= 4 is 0 Å². The van der Waals surface area contributed by atoms with Gasteiger partial charge in [-0.1, -0.05) is 11.6 Å². The van der Waals surface area contributed by atoms with Crippen molar-refractivity contribution in [3.05, 3.63) is 22.8 Å². The van der Waals surface area contributed by atoms with Crippen molar-refractivity contribution in [1.82, 2.24) is 0 Å². The number of hydrogen-bond acceptors (Lipinski definition) is 0. The average Bonchev–Trinajstić information content (AvgIpc) is 1.83. The van der Waals surface area contributed by atoms with E-state index in [1.165, 1.54) is 26.8 Å². The highest BCUT2D eigenvalue weighted by Gasteiger charge is 2.34. The van der Waals surface area contributed by atoms with Crippen LogP contribution >= 0.6 is 0 Å². The van der Waals surface area contributed by atoms with Gasteiger partial charge >= 0.3 is 6.18 Å². The minimum absolute atomic E-state index is 0.280. The lowest BCUT2D eigenvalue weighted by molar-refractivity contribution is -0.0900. The lowest BCUT2D eigenvalue weighted by Crippen LogP contribution is -2.14. The quantitative estimate of drug-likeness (QED) is 0.535. The van der Waals surface area contributed by atoms with Crippen LogP contribution in [0.2, 0.25) is 0 Å². The van der Waals surface area contributed by atoms with Crippen molar-refractivity contribution in [2.45, 2.75) is 33.9 Å². The molecule has 0 nitrogen and oxygen atoms in total. The van der Waals surface area contributed by atoms with Gasteiger partial charge in [0, 0.05) is 0 Å². The van der Waals surface area contributed by atoms with Crippen LogP contribution in [0.1, 0.15) is 27.7 Å². The monoisotopic (exact) mass is 178 g/mol. The SMILES string of the molecule is C/C=C(\C)C(=C(C)C)C(F)(F)F. The highest BCUT2D eigenvalue weighted by Crippen LogP contribution is 2.33. The molecule has 0 atom stereocenters. The van der Waals surface area contributed by atoms with Gasteiger partial charge in [0.25, 0.3) is 0 Å². The van der Waals surface area contributed by atoms with E-state index in [9.17, 15) is 13.2 Å². The average molecular weight is 178 g/mol. The van der Waals surface area contributed by atoms with Crippen LogP contribution in [-0.2, 0) is 0 Å². The second kappa shape index (κ2) is 3.78. The van der Waals surface area contributed by atoms with Gasteiger partial charge in [-0.15, -0.1) is 0 Å². The molecule has 0 spiro atoms. The fourth-order valence-electron chi connectivity index (χ4n) is 1.05. The summed E-state index contributed by atoms with van der Waals surface area (Å²) in [7, 11) is 0. The van der Waals surface area contributed by atoms with E-state index in [2.05, 4.69) is 0 Å². The summed E-state index contributed by atoms with van der Waals surface area (Å²) in [5.74, 6) is 0. The molecule has 0 bridgehead atoms. The standard InChI is InChI=1S/C9H13F3/c1-5-7(4)8(6(2)3)9(10,11)12/h5H,1-4H3/b7-5+. The lowest BCUT2D eigenvalue weighted by Gasteiger charge is -2.13. The minimum Gasteiger partial charge on any atom is -0.166 e. The molecule has 0 aliphatic rings.